The molecule has 2 heteroatoms. The van der Waals surface area contributed by atoms with Gasteiger partial charge in [0.2, 0.25) is 0 Å². The van der Waals surface area contributed by atoms with Crippen LogP contribution in [-0.4, -0.2) is 5.78 Å². The van der Waals surface area contributed by atoms with E-state index in [0.29, 0.717) is 18.6 Å². The van der Waals surface area contributed by atoms with Crippen LogP contribution in [0.5, 0.6) is 0 Å². The molecule has 0 aromatic rings. The lowest BCUT2D eigenvalue weighted by Gasteiger charge is -2.31. The molecular weight excluding hydrogens is 150 g/mol. The van der Waals surface area contributed by atoms with Crippen LogP contribution in [0.4, 0.5) is 0 Å². The Hall–Kier alpha value is -0.840. The van der Waals surface area contributed by atoms with Crippen molar-refractivity contribution in [3.8, 4) is 6.07 Å². The van der Waals surface area contributed by atoms with Gasteiger partial charge in [-0.1, -0.05) is 6.92 Å². The van der Waals surface area contributed by atoms with E-state index < -0.39 is 0 Å². The van der Waals surface area contributed by atoms with E-state index in [-0.39, 0.29) is 5.41 Å². The molecule has 0 aromatic carbocycles. The average molecular weight is 165 g/mol. The Kier molecular flexibility index (Phi) is 2.86. The molecule has 0 aliphatic heterocycles. The molecule has 1 atom stereocenters. The molecular formula is C10H15NO. The topological polar surface area (TPSA) is 40.9 Å². The zero-order valence-corrected chi connectivity index (χ0v) is 7.60. The normalized spacial score (nSPS) is 29.8. The van der Waals surface area contributed by atoms with Crippen LogP contribution in [0.15, 0.2) is 0 Å². The summed E-state index contributed by atoms with van der Waals surface area (Å²) in [6.45, 7) is 2.13. The molecule has 0 saturated heterocycles. The van der Waals surface area contributed by atoms with E-state index in [2.05, 4.69) is 13.0 Å². The number of rotatable bonds is 2. The highest BCUT2D eigenvalue weighted by molar-refractivity contribution is 5.79. The van der Waals surface area contributed by atoms with Crippen molar-refractivity contribution in [3.05, 3.63) is 0 Å². The maximum atomic E-state index is 11.2. The maximum Gasteiger partial charge on any atom is 0.133 e. The summed E-state index contributed by atoms with van der Waals surface area (Å²) in [6.07, 6.45) is 5.04. The first-order chi connectivity index (χ1) is 5.66. The predicted molar refractivity (Wildman–Crippen MR) is 46.4 cm³/mol. The molecule has 1 unspecified atom stereocenters. The van der Waals surface area contributed by atoms with E-state index in [1.54, 1.807) is 0 Å². The smallest absolute Gasteiger partial charge is 0.133 e. The predicted octanol–water partition coefficient (Wildman–Crippen LogP) is 2.44. The molecule has 66 valence electrons. The number of nitriles is 1. The molecule has 1 aliphatic rings. The first kappa shape index (κ1) is 9.25. The summed E-state index contributed by atoms with van der Waals surface area (Å²) in [4.78, 5) is 11.2. The fraction of sp³-hybridized carbons (Fsp3) is 0.800. The third kappa shape index (κ3) is 2.34. The molecule has 0 N–H and O–H groups in total. The lowest BCUT2D eigenvalue weighted by molar-refractivity contribution is -0.123. The zero-order valence-electron chi connectivity index (χ0n) is 7.60. The third-order valence-corrected chi connectivity index (χ3v) is 2.70. The molecule has 1 saturated carbocycles. The first-order valence-corrected chi connectivity index (χ1v) is 4.55. The number of hydrogen-bond acceptors (Lipinski definition) is 2. The van der Waals surface area contributed by atoms with Gasteiger partial charge in [-0.25, -0.2) is 0 Å². The molecule has 1 rings (SSSR count). The van der Waals surface area contributed by atoms with Gasteiger partial charge >= 0.3 is 0 Å². The molecule has 2 nitrogen and oxygen atoms in total. The molecule has 12 heavy (non-hydrogen) atoms. The Bertz CT molecular complexity index is 216. The largest absolute Gasteiger partial charge is 0.300 e. The summed E-state index contributed by atoms with van der Waals surface area (Å²) in [5, 5.41) is 8.44. The summed E-state index contributed by atoms with van der Waals surface area (Å²) in [5.41, 5.74) is 0.130. The number of hydrogen-bond donors (Lipinski definition) is 0. The number of ketones is 1. The lowest BCUT2D eigenvalue weighted by atomic mass is 9.72. The number of nitrogens with zero attached hydrogens (tertiary/aromatic N) is 1. The van der Waals surface area contributed by atoms with E-state index in [1.807, 2.05) is 0 Å². The summed E-state index contributed by atoms with van der Waals surface area (Å²) in [6, 6.07) is 2.14. The van der Waals surface area contributed by atoms with Crippen molar-refractivity contribution in [2.45, 2.75) is 45.4 Å². The van der Waals surface area contributed by atoms with E-state index in [0.717, 1.165) is 25.7 Å². The quantitative estimate of drug-likeness (QED) is 0.630. The molecule has 0 bridgehead atoms. The molecule has 1 fully saturated rings. The van der Waals surface area contributed by atoms with Crippen molar-refractivity contribution in [3.63, 3.8) is 0 Å². The van der Waals surface area contributed by atoms with Gasteiger partial charge in [-0.05, 0) is 24.7 Å². The van der Waals surface area contributed by atoms with Crippen molar-refractivity contribution in [1.29, 1.82) is 5.26 Å². The highest BCUT2D eigenvalue weighted by Crippen LogP contribution is 2.37. The van der Waals surface area contributed by atoms with Crippen LogP contribution in [0.25, 0.3) is 0 Å². The van der Waals surface area contributed by atoms with Gasteiger partial charge in [-0.2, -0.15) is 5.26 Å². The Morgan fingerprint density at radius 2 is 2.42 bits per heavy atom. The second-order valence-corrected chi connectivity index (χ2v) is 4.04. The fourth-order valence-electron chi connectivity index (χ4n) is 1.94. The molecule has 0 amide bonds. The highest BCUT2D eigenvalue weighted by atomic mass is 16.1. The number of carbonyl (C=O) groups is 1. The molecule has 1 aliphatic carbocycles. The summed E-state index contributed by atoms with van der Waals surface area (Å²) in [5.74, 6) is 0.377. The van der Waals surface area contributed by atoms with Crippen LogP contribution in [0.2, 0.25) is 0 Å². The van der Waals surface area contributed by atoms with Gasteiger partial charge in [0.05, 0.1) is 6.07 Å². The van der Waals surface area contributed by atoms with Crippen LogP contribution in [0.3, 0.4) is 0 Å². The molecule has 0 heterocycles. The summed E-state index contributed by atoms with van der Waals surface area (Å²) in [7, 11) is 0. The summed E-state index contributed by atoms with van der Waals surface area (Å²) < 4.78 is 0. The van der Waals surface area contributed by atoms with Crippen molar-refractivity contribution in [1.82, 2.24) is 0 Å². The molecule has 0 aromatic heterocycles. The van der Waals surface area contributed by atoms with Crippen molar-refractivity contribution in [2.75, 3.05) is 0 Å². The second-order valence-electron chi connectivity index (χ2n) is 4.04. The van der Waals surface area contributed by atoms with Crippen LogP contribution >= 0.6 is 0 Å². The van der Waals surface area contributed by atoms with Gasteiger partial charge in [0.1, 0.15) is 5.78 Å². The van der Waals surface area contributed by atoms with Gasteiger partial charge in [-0.15, -0.1) is 0 Å². The van der Waals surface area contributed by atoms with Crippen LogP contribution in [0.1, 0.15) is 45.4 Å². The lowest BCUT2D eigenvalue weighted by Crippen LogP contribution is -2.25. The van der Waals surface area contributed by atoms with Crippen molar-refractivity contribution in [2.24, 2.45) is 5.41 Å². The minimum absolute atomic E-state index is 0.130. The van der Waals surface area contributed by atoms with E-state index in [4.69, 9.17) is 5.26 Å². The molecule has 0 spiro atoms. The second kappa shape index (κ2) is 3.71. The van der Waals surface area contributed by atoms with Crippen LogP contribution < -0.4 is 0 Å². The van der Waals surface area contributed by atoms with Crippen LogP contribution in [-0.2, 0) is 4.79 Å². The standard InChI is InChI=1S/C10H15NO/c1-10(6-3-7-11)5-2-4-9(12)8-10/h2-6,8H2,1H3. The average Bonchev–Trinajstić information content (AvgIpc) is 2.01. The van der Waals surface area contributed by atoms with Crippen molar-refractivity contribution >= 4 is 5.78 Å². The van der Waals surface area contributed by atoms with Crippen molar-refractivity contribution < 1.29 is 4.79 Å². The van der Waals surface area contributed by atoms with Gasteiger partial charge in [0.25, 0.3) is 0 Å². The Labute approximate surface area is 73.6 Å². The third-order valence-electron chi connectivity index (χ3n) is 2.70. The zero-order chi connectivity index (χ0) is 9.03. The Morgan fingerprint density at radius 1 is 1.67 bits per heavy atom. The minimum Gasteiger partial charge on any atom is -0.300 e. The van der Waals surface area contributed by atoms with Crippen LogP contribution in [0, 0.1) is 16.7 Å². The number of Topliss-reactive ketones (excluding diaryl/α,β-unsaturated/α-hetero) is 1. The van der Waals surface area contributed by atoms with E-state index in [9.17, 15) is 4.79 Å². The monoisotopic (exact) mass is 165 g/mol. The number of carbonyl (C=O) groups excluding carboxylic acids is 1. The molecule has 0 radical (unpaired) electrons. The Morgan fingerprint density at radius 3 is 3.00 bits per heavy atom. The summed E-state index contributed by atoms with van der Waals surface area (Å²) >= 11 is 0. The van der Waals surface area contributed by atoms with Gasteiger partial charge in [0.15, 0.2) is 0 Å². The van der Waals surface area contributed by atoms with E-state index >= 15 is 0 Å². The maximum absolute atomic E-state index is 11.2. The van der Waals surface area contributed by atoms with E-state index in [1.165, 1.54) is 0 Å². The van der Waals surface area contributed by atoms with Gasteiger partial charge < -0.3 is 0 Å². The Balaban J connectivity index is 2.46. The van der Waals surface area contributed by atoms with Gasteiger partial charge in [-0.3, -0.25) is 4.79 Å². The SMILES string of the molecule is CC1(CCC#N)CCCC(=O)C1. The van der Waals surface area contributed by atoms with Gasteiger partial charge in [0, 0.05) is 19.3 Å². The first-order valence-electron chi connectivity index (χ1n) is 4.55. The highest BCUT2D eigenvalue weighted by Gasteiger charge is 2.30. The fourth-order valence-corrected chi connectivity index (χ4v) is 1.94. The minimum atomic E-state index is 0.130.